The van der Waals surface area contributed by atoms with Gasteiger partial charge in [-0.2, -0.15) is 0 Å². The van der Waals surface area contributed by atoms with E-state index in [4.69, 9.17) is 11.5 Å². The largest absolute Gasteiger partial charge is 0.448 e. The van der Waals surface area contributed by atoms with Crippen LogP contribution in [0.5, 0.6) is 0 Å². The molecule has 0 heterocycles. The molecule has 0 aliphatic rings. The zero-order valence-corrected chi connectivity index (χ0v) is 12.2. The van der Waals surface area contributed by atoms with E-state index in [-0.39, 0.29) is 38.1 Å². The van der Waals surface area contributed by atoms with E-state index >= 15 is 0 Å². The number of rotatable bonds is 12. The van der Waals surface area contributed by atoms with Crippen molar-refractivity contribution >= 4 is 17.9 Å². The van der Waals surface area contributed by atoms with E-state index in [2.05, 4.69) is 20.7 Å². The van der Waals surface area contributed by atoms with Crippen molar-refractivity contribution in [3.63, 3.8) is 0 Å². The van der Waals surface area contributed by atoms with E-state index in [0.717, 1.165) is 25.8 Å². The molecule has 9 heteroatoms. The highest BCUT2D eigenvalue weighted by Gasteiger charge is 2.04. The molecular weight excluding hydrogens is 278 g/mol. The zero-order valence-electron chi connectivity index (χ0n) is 12.2. The van der Waals surface area contributed by atoms with Gasteiger partial charge in [0.2, 0.25) is 11.8 Å². The van der Waals surface area contributed by atoms with Crippen LogP contribution in [0.15, 0.2) is 0 Å². The Labute approximate surface area is 124 Å². The summed E-state index contributed by atoms with van der Waals surface area (Å²) in [6, 6.07) is 0. The van der Waals surface area contributed by atoms with Gasteiger partial charge in [0.1, 0.15) is 6.61 Å². The minimum atomic E-state index is -0.893. The number of primary amides is 1. The summed E-state index contributed by atoms with van der Waals surface area (Å²) in [5.74, 6) is -0.614. The molecule has 0 spiro atoms. The summed E-state index contributed by atoms with van der Waals surface area (Å²) >= 11 is 0. The molecule has 0 saturated carbocycles. The van der Waals surface area contributed by atoms with Gasteiger partial charge in [0.25, 0.3) is 0 Å². The highest BCUT2D eigenvalue weighted by molar-refractivity contribution is 5.85. The lowest BCUT2D eigenvalue weighted by molar-refractivity contribution is -0.125. The first kappa shape index (κ1) is 19.1. The molecule has 0 saturated heterocycles. The fourth-order valence-corrected chi connectivity index (χ4v) is 1.42. The smallest absolute Gasteiger partial charge is 0.404 e. The van der Waals surface area contributed by atoms with Crippen LogP contribution >= 0.6 is 0 Å². The van der Waals surface area contributed by atoms with Crippen molar-refractivity contribution < 1.29 is 19.1 Å². The quantitative estimate of drug-likeness (QED) is 0.264. The molecule has 0 radical (unpaired) electrons. The number of nitrogens with one attached hydrogen (secondary N) is 3. The summed E-state index contributed by atoms with van der Waals surface area (Å²) in [6.07, 6.45) is 2.08. The van der Waals surface area contributed by atoms with Crippen LogP contribution in [-0.4, -0.2) is 57.2 Å². The summed E-state index contributed by atoms with van der Waals surface area (Å²) in [5, 5.41) is 7.91. The van der Waals surface area contributed by atoms with Crippen LogP contribution in [-0.2, 0) is 14.3 Å². The van der Waals surface area contributed by atoms with Crippen LogP contribution in [0.4, 0.5) is 4.79 Å². The molecule has 21 heavy (non-hydrogen) atoms. The van der Waals surface area contributed by atoms with Crippen LogP contribution in [0.3, 0.4) is 0 Å². The minimum Gasteiger partial charge on any atom is -0.448 e. The third-order valence-electron chi connectivity index (χ3n) is 2.46. The second kappa shape index (κ2) is 13.1. The summed E-state index contributed by atoms with van der Waals surface area (Å²) < 4.78 is 4.43. The lowest BCUT2D eigenvalue weighted by Crippen LogP contribution is -2.41. The maximum absolute atomic E-state index is 11.4. The Morgan fingerprint density at radius 1 is 0.905 bits per heavy atom. The first-order valence-corrected chi connectivity index (χ1v) is 6.92. The monoisotopic (exact) mass is 303 g/mol. The third kappa shape index (κ3) is 14.4. The van der Waals surface area contributed by atoms with Crippen molar-refractivity contribution in [2.24, 2.45) is 11.5 Å². The fourth-order valence-electron chi connectivity index (χ4n) is 1.42. The third-order valence-corrected chi connectivity index (χ3v) is 2.46. The molecule has 0 bridgehead atoms. The number of hydrogen-bond acceptors (Lipinski definition) is 6. The van der Waals surface area contributed by atoms with E-state index in [1.54, 1.807) is 0 Å². The molecule has 7 N–H and O–H groups in total. The Morgan fingerprint density at radius 2 is 1.62 bits per heavy atom. The Morgan fingerprint density at radius 3 is 2.29 bits per heavy atom. The Balaban J connectivity index is 3.42. The maximum Gasteiger partial charge on any atom is 0.404 e. The normalized spacial score (nSPS) is 9.95. The molecule has 0 aliphatic carbocycles. The van der Waals surface area contributed by atoms with Crippen molar-refractivity contribution in [3.8, 4) is 0 Å². The van der Waals surface area contributed by atoms with E-state index in [0.29, 0.717) is 6.54 Å². The number of ether oxygens (including phenoxy) is 1. The van der Waals surface area contributed by atoms with Crippen LogP contribution < -0.4 is 27.4 Å². The predicted octanol–water partition coefficient (Wildman–Crippen LogP) is -1.97. The highest BCUT2D eigenvalue weighted by Crippen LogP contribution is 1.90. The standard InChI is InChI=1S/C12H25N5O4/c13-4-2-1-3-5-15-8-10(18)17-9-11(19)16-6-7-21-12(14)20/h15H,1-9,13H2,(H2,14,20)(H,16,19)(H,17,18). The van der Waals surface area contributed by atoms with Gasteiger partial charge in [0.05, 0.1) is 19.6 Å². The maximum atomic E-state index is 11.4. The molecule has 9 nitrogen and oxygen atoms in total. The fraction of sp³-hybridized carbons (Fsp3) is 0.750. The van der Waals surface area contributed by atoms with Crippen molar-refractivity contribution in [2.45, 2.75) is 19.3 Å². The number of amides is 3. The van der Waals surface area contributed by atoms with Gasteiger partial charge in [0.15, 0.2) is 0 Å². The molecule has 3 amide bonds. The molecule has 0 fully saturated rings. The Hall–Kier alpha value is -1.87. The number of carbonyl (C=O) groups excluding carboxylic acids is 3. The lowest BCUT2D eigenvalue weighted by Gasteiger charge is -2.07. The second-order valence-corrected chi connectivity index (χ2v) is 4.32. The Kier molecular flexibility index (Phi) is 12.0. The number of hydrogen-bond donors (Lipinski definition) is 5. The van der Waals surface area contributed by atoms with Crippen LogP contribution in [0, 0.1) is 0 Å². The van der Waals surface area contributed by atoms with Gasteiger partial charge in [-0.05, 0) is 25.9 Å². The number of unbranched alkanes of at least 4 members (excludes halogenated alkanes) is 2. The van der Waals surface area contributed by atoms with Crippen molar-refractivity contribution in [1.29, 1.82) is 0 Å². The van der Waals surface area contributed by atoms with Crippen LogP contribution in [0.2, 0.25) is 0 Å². The van der Waals surface area contributed by atoms with Gasteiger partial charge < -0.3 is 32.2 Å². The van der Waals surface area contributed by atoms with Gasteiger partial charge in [-0.25, -0.2) is 4.79 Å². The minimum absolute atomic E-state index is 0.000620. The SMILES string of the molecule is NCCCCCNCC(=O)NCC(=O)NCCOC(N)=O. The average molecular weight is 303 g/mol. The average Bonchev–Trinajstić information content (AvgIpc) is 2.45. The molecule has 0 unspecified atom stereocenters. The van der Waals surface area contributed by atoms with Crippen LogP contribution in [0.25, 0.3) is 0 Å². The van der Waals surface area contributed by atoms with Gasteiger partial charge in [-0.3, -0.25) is 9.59 Å². The zero-order chi connectivity index (χ0) is 15.9. The topological polar surface area (TPSA) is 149 Å². The predicted molar refractivity (Wildman–Crippen MR) is 77.3 cm³/mol. The first-order chi connectivity index (χ1) is 10.1. The van der Waals surface area contributed by atoms with E-state index in [1.165, 1.54) is 0 Å². The van der Waals surface area contributed by atoms with Crippen molar-refractivity contribution in [2.75, 3.05) is 39.3 Å². The number of nitrogens with two attached hydrogens (primary N) is 2. The summed E-state index contributed by atoms with van der Waals surface area (Å²) in [6.45, 7) is 1.62. The van der Waals surface area contributed by atoms with Gasteiger partial charge in [0, 0.05) is 0 Å². The molecule has 0 aliphatic heterocycles. The van der Waals surface area contributed by atoms with E-state index in [9.17, 15) is 14.4 Å². The molecule has 0 aromatic rings. The second-order valence-electron chi connectivity index (χ2n) is 4.32. The lowest BCUT2D eigenvalue weighted by atomic mass is 10.2. The molecule has 0 atom stereocenters. The van der Waals surface area contributed by atoms with Gasteiger partial charge in [-0.15, -0.1) is 0 Å². The molecule has 0 aromatic carbocycles. The summed E-state index contributed by atoms with van der Waals surface area (Å²) in [5.41, 5.74) is 10.1. The van der Waals surface area contributed by atoms with E-state index in [1.807, 2.05) is 0 Å². The Bertz CT molecular complexity index is 325. The van der Waals surface area contributed by atoms with Gasteiger partial charge >= 0.3 is 6.09 Å². The van der Waals surface area contributed by atoms with Gasteiger partial charge in [-0.1, -0.05) is 6.42 Å². The first-order valence-electron chi connectivity index (χ1n) is 6.92. The highest BCUT2D eigenvalue weighted by atomic mass is 16.5. The molecule has 0 aromatic heterocycles. The number of carbonyl (C=O) groups is 3. The van der Waals surface area contributed by atoms with Crippen LogP contribution in [0.1, 0.15) is 19.3 Å². The van der Waals surface area contributed by atoms with Crippen molar-refractivity contribution in [3.05, 3.63) is 0 Å². The van der Waals surface area contributed by atoms with E-state index < -0.39 is 6.09 Å². The van der Waals surface area contributed by atoms with Crippen molar-refractivity contribution in [1.82, 2.24) is 16.0 Å². The molecule has 0 rings (SSSR count). The summed E-state index contributed by atoms with van der Waals surface area (Å²) in [4.78, 5) is 33.0. The molecular formula is C12H25N5O4. The molecule has 122 valence electrons. The summed E-state index contributed by atoms with van der Waals surface area (Å²) in [7, 11) is 0.